The number of hydrogen-bond donors (Lipinski definition) is 1. The lowest BCUT2D eigenvalue weighted by molar-refractivity contribution is 0.241. The molecule has 1 aromatic heterocycles. The third-order valence-electron chi connectivity index (χ3n) is 4.09. The number of hydrogen-bond acceptors (Lipinski definition) is 3. The van der Waals surface area contributed by atoms with E-state index in [2.05, 4.69) is 21.8 Å². The summed E-state index contributed by atoms with van der Waals surface area (Å²) in [5, 5.41) is 1.29. The van der Waals surface area contributed by atoms with E-state index in [0.29, 0.717) is 23.1 Å². The minimum absolute atomic E-state index is 0.00893. The van der Waals surface area contributed by atoms with Gasteiger partial charge in [0.25, 0.3) is 5.56 Å². The van der Waals surface area contributed by atoms with E-state index in [1.807, 2.05) is 12.1 Å². The number of benzene rings is 1. The second kappa shape index (κ2) is 7.04. The van der Waals surface area contributed by atoms with Crippen LogP contribution < -0.4 is 5.56 Å². The monoisotopic (exact) mass is 351 g/mol. The highest BCUT2D eigenvalue weighted by Gasteiger charge is 2.21. The predicted molar refractivity (Wildman–Crippen MR) is 93.1 cm³/mol. The predicted octanol–water partition coefficient (Wildman–Crippen LogP) is 3.59. The molecule has 0 saturated heterocycles. The Bertz CT molecular complexity index is 773. The van der Waals surface area contributed by atoms with Gasteiger partial charge in [0.15, 0.2) is 0 Å². The Kier molecular flexibility index (Phi) is 5.05. The fourth-order valence-electron chi connectivity index (χ4n) is 2.91. The summed E-state index contributed by atoms with van der Waals surface area (Å²) in [5.74, 6) is 0.797. The second-order valence-corrected chi connectivity index (χ2v) is 6.73. The van der Waals surface area contributed by atoms with Crippen LogP contribution in [0, 0.1) is 0 Å². The van der Waals surface area contributed by atoms with Crippen LogP contribution in [0.25, 0.3) is 0 Å². The lowest BCUT2D eigenvalue weighted by Crippen LogP contribution is -2.35. The van der Waals surface area contributed by atoms with Gasteiger partial charge in [-0.25, -0.2) is 4.98 Å². The Morgan fingerprint density at radius 1 is 1.35 bits per heavy atom. The molecule has 0 fully saturated rings. The van der Waals surface area contributed by atoms with Crippen LogP contribution in [0.15, 0.2) is 23.0 Å². The molecule has 3 rings (SSSR count). The average Bonchev–Trinajstić information content (AvgIpc) is 2.51. The van der Waals surface area contributed by atoms with Gasteiger partial charge in [-0.2, -0.15) is 0 Å². The third-order valence-corrected chi connectivity index (χ3v) is 4.68. The van der Waals surface area contributed by atoms with Gasteiger partial charge in [0, 0.05) is 42.5 Å². The van der Waals surface area contributed by atoms with Crippen molar-refractivity contribution in [3.05, 3.63) is 61.2 Å². The van der Waals surface area contributed by atoms with Gasteiger partial charge in [0.2, 0.25) is 0 Å². The Morgan fingerprint density at radius 3 is 2.91 bits per heavy atom. The summed E-state index contributed by atoms with van der Waals surface area (Å²) in [5.41, 5.74) is 2.73. The molecule has 1 aliphatic heterocycles. The van der Waals surface area contributed by atoms with E-state index < -0.39 is 0 Å². The van der Waals surface area contributed by atoms with E-state index in [1.54, 1.807) is 6.07 Å². The van der Waals surface area contributed by atoms with E-state index >= 15 is 0 Å². The van der Waals surface area contributed by atoms with Crippen molar-refractivity contribution >= 4 is 23.2 Å². The van der Waals surface area contributed by atoms with Crippen LogP contribution in [0.5, 0.6) is 0 Å². The van der Waals surface area contributed by atoms with Crippen molar-refractivity contribution in [1.82, 2.24) is 14.9 Å². The smallest absolute Gasteiger partial charge is 0.255 e. The third kappa shape index (κ3) is 3.77. The summed E-state index contributed by atoms with van der Waals surface area (Å²) in [4.78, 5) is 22.0. The molecule has 23 heavy (non-hydrogen) atoms. The molecule has 0 saturated carbocycles. The maximum absolute atomic E-state index is 12.3. The normalized spacial score (nSPS) is 14.7. The van der Waals surface area contributed by atoms with Gasteiger partial charge in [0.1, 0.15) is 5.82 Å². The fourth-order valence-corrected chi connectivity index (χ4v) is 3.38. The number of halogens is 2. The molecule has 0 bridgehead atoms. The topological polar surface area (TPSA) is 49.0 Å². The number of H-pyrrole nitrogens is 1. The molecule has 0 atom stereocenters. The fraction of sp³-hybridized carbons (Fsp3) is 0.412. The van der Waals surface area contributed by atoms with Gasteiger partial charge >= 0.3 is 0 Å². The van der Waals surface area contributed by atoms with Gasteiger partial charge in [-0.05, 0) is 24.1 Å². The maximum atomic E-state index is 12.3. The molecule has 4 nitrogen and oxygen atoms in total. The molecule has 0 amide bonds. The summed E-state index contributed by atoms with van der Waals surface area (Å²) in [6.07, 6.45) is 2.58. The highest BCUT2D eigenvalue weighted by molar-refractivity contribution is 6.35. The Labute approximate surface area is 145 Å². The van der Waals surface area contributed by atoms with Gasteiger partial charge < -0.3 is 4.98 Å². The zero-order valence-electron chi connectivity index (χ0n) is 13.0. The minimum Gasteiger partial charge on any atom is -0.310 e. The van der Waals surface area contributed by atoms with Crippen molar-refractivity contribution in [2.75, 3.05) is 6.54 Å². The minimum atomic E-state index is -0.00893. The van der Waals surface area contributed by atoms with Crippen LogP contribution in [0.3, 0.4) is 0 Å². The van der Waals surface area contributed by atoms with E-state index in [0.717, 1.165) is 48.5 Å². The van der Waals surface area contributed by atoms with E-state index in [-0.39, 0.29) is 5.56 Å². The lowest BCUT2D eigenvalue weighted by atomic mass is 10.1. The number of nitrogens with zero attached hydrogens (tertiary/aromatic N) is 2. The first kappa shape index (κ1) is 16.5. The molecule has 0 radical (unpaired) electrons. The van der Waals surface area contributed by atoms with Gasteiger partial charge in [-0.3, -0.25) is 9.69 Å². The first-order valence-electron chi connectivity index (χ1n) is 7.84. The van der Waals surface area contributed by atoms with E-state index in [4.69, 9.17) is 23.2 Å². The van der Waals surface area contributed by atoms with Crippen LogP contribution in [0.4, 0.5) is 0 Å². The molecule has 0 unspecified atom stereocenters. The molecular weight excluding hydrogens is 333 g/mol. The standard InChI is InChI=1S/C17H19Cl2N3O/c1-2-3-16-20-15-6-7-22(10-13(15)17(23)21-16)9-11-4-5-12(18)8-14(11)19/h4-5,8H,2-3,6-7,9-10H2,1H3,(H,20,21,23). The molecule has 6 heteroatoms. The molecule has 1 N–H and O–H groups in total. The number of aromatic amines is 1. The largest absolute Gasteiger partial charge is 0.310 e. The van der Waals surface area contributed by atoms with Crippen LogP contribution in [0.1, 0.15) is 36.0 Å². The van der Waals surface area contributed by atoms with Crippen LogP contribution in [0.2, 0.25) is 10.0 Å². The van der Waals surface area contributed by atoms with Crippen molar-refractivity contribution in [3.63, 3.8) is 0 Å². The summed E-state index contributed by atoms with van der Waals surface area (Å²) >= 11 is 12.2. The molecule has 1 aliphatic rings. The lowest BCUT2D eigenvalue weighted by Gasteiger charge is -2.28. The van der Waals surface area contributed by atoms with Gasteiger partial charge in [-0.15, -0.1) is 0 Å². The number of fused-ring (bicyclic) bond motifs is 1. The molecule has 0 aliphatic carbocycles. The number of aryl methyl sites for hydroxylation is 1. The van der Waals surface area contributed by atoms with Crippen molar-refractivity contribution in [1.29, 1.82) is 0 Å². The molecule has 122 valence electrons. The average molecular weight is 352 g/mol. The van der Waals surface area contributed by atoms with Crippen molar-refractivity contribution in [2.24, 2.45) is 0 Å². The molecule has 0 spiro atoms. The maximum Gasteiger partial charge on any atom is 0.255 e. The quantitative estimate of drug-likeness (QED) is 0.915. The van der Waals surface area contributed by atoms with Gasteiger partial charge in [-0.1, -0.05) is 36.2 Å². The van der Waals surface area contributed by atoms with Crippen molar-refractivity contribution in [2.45, 2.75) is 39.3 Å². The van der Waals surface area contributed by atoms with E-state index in [1.165, 1.54) is 0 Å². The highest BCUT2D eigenvalue weighted by atomic mass is 35.5. The zero-order valence-corrected chi connectivity index (χ0v) is 14.5. The Hall–Kier alpha value is -1.36. The van der Waals surface area contributed by atoms with Crippen molar-refractivity contribution in [3.8, 4) is 0 Å². The van der Waals surface area contributed by atoms with E-state index in [9.17, 15) is 4.79 Å². The first-order chi connectivity index (χ1) is 11.1. The van der Waals surface area contributed by atoms with Crippen molar-refractivity contribution < 1.29 is 0 Å². The van der Waals surface area contributed by atoms with Crippen LogP contribution >= 0.6 is 23.2 Å². The first-order valence-corrected chi connectivity index (χ1v) is 8.59. The molecule has 2 aromatic rings. The summed E-state index contributed by atoms with van der Waals surface area (Å²) < 4.78 is 0. The second-order valence-electron chi connectivity index (χ2n) is 5.88. The Morgan fingerprint density at radius 2 is 2.17 bits per heavy atom. The number of nitrogens with one attached hydrogen (secondary N) is 1. The SMILES string of the molecule is CCCc1nc2c(c(=O)[nH]1)CN(Cc1ccc(Cl)cc1Cl)CC2. The summed E-state index contributed by atoms with van der Waals surface area (Å²) in [6, 6.07) is 5.53. The Balaban J connectivity index is 1.79. The summed E-state index contributed by atoms with van der Waals surface area (Å²) in [6.45, 7) is 4.25. The molecule has 2 heterocycles. The number of aromatic nitrogens is 2. The number of rotatable bonds is 4. The zero-order chi connectivity index (χ0) is 16.4. The molecule has 1 aromatic carbocycles. The van der Waals surface area contributed by atoms with Crippen LogP contribution in [-0.4, -0.2) is 21.4 Å². The van der Waals surface area contributed by atoms with Crippen LogP contribution in [-0.2, 0) is 25.9 Å². The highest BCUT2D eigenvalue weighted by Crippen LogP contribution is 2.24. The summed E-state index contributed by atoms with van der Waals surface area (Å²) in [7, 11) is 0. The van der Waals surface area contributed by atoms with Gasteiger partial charge in [0.05, 0.1) is 11.3 Å². The molecular formula is C17H19Cl2N3O.